The number of hydrogen-bond acceptors (Lipinski definition) is 6. The standard InChI is InChI=1S/C22H25N5O3S/c1-14(9-21-26-23-13-27(21)2)16-5-4-6-17(10-16)24-22(28)20-12-18(31(3,29)30)11-19(25-20)15-7-8-15/h4-6,10-15H,7-9H2,1-3H3,(H,24,28)/t14-/m1/s1. The number of nitrogens with one attached hydrogen (secondary N) is 1. The predicted octanol–water partition coefficient (Wildman–Crippen LogP) is 3.09. The molecule has 1 amide bonds. The lowest BCUT2D eigenvalue weighted by Gasteiger charge is -2.14. The number of benzene rings is 1. The highest BCUT2D eigenvalue weighted by Gasteiger charge is 2.28. The van der Waals surface area contributed by atoms with Crippen molar-refractivity contribution in [1.29, 1.82) is 0 Å². The maximum Gasteiger partial charge on any atom is 0.274 e. The fourth-order valence-electron chi connectivity index (χ4n) is 3.45. The third-order valence-electron chi connectivity index (χ3n) is 5.48. The molecule has 162 valence electrons. The van der Waals surface area contributed by atoms with Crippen LogP contribution in [0.4, 0.5) is 5.69 Å². The van der Waals surface area contributed by atoms with Gasteiger partial charge in [0, 0.05) is 37.0 Å². The Balaban J connectivity index is 1.54. The van der Waals surface area contributed by atoms with Gasteiger partial charge in [0.05, 0.1) is 4.90 Å². The molecule has 0 radical (unpaired) electrons. The van der Waals surface area contributed by atoms with E-state index >= 15 is 0 Å². The van der Waals surface area contributed by atoms with Crippen LogP contribution in [0.15, 0.2) is 47.6 Å². The molecule has 2 aromatic heterocycles. The molecule has 0 aliphatic heterocycles. The van der Waals surface area contributed by atoms with Crippen molar-refractivity contribution in [3.8, 4) is 0 Å². The molecule has 1 aliphatic carbocycles. The molecule has 3 aromatic rings. The lowest BCUT2D eigenvalue weighted by Crippen LogP contribution is -2.16. The molecule has 0 unspecified atom stereocenters. The quantitative estimate of drug-likeness (QED) is 0.606. The molecule has 4 rings (SSSR count). The van der Waals surface area contributed by atoms with E-state index in [9.17, 15) is 13.2 Å². The molecule has 0 saturated heterocycles. The van der Waals surface area contributed by atoms with Crippen LogP contribution in [0.2, 0.25) is 0 Å². The van der Waals surface area contributed by atoms with E-state index in [-0.39, 0.29) is 22.4 Å². The zero-order valence-electron chi connectivity index (χ0n) is 17.7. The van der Waals surface area contributed by atoms with Crippen LogP contribution in [-0.2, 0) is 23.3 Å². The van der Waals surface area contributed by atoms with Gasteiger partial charge in [-0.3, -0.25) is 4.79 Å². The van der Waals surface area contributed by atoms with E-state index in [0.717, 1.165) is 36.9 Å². The summed E-state index contributed by atoms with van der Waals surface area (Å²) in [5.74, 6) is 0.868. The lowest BCUT2D eigenvalue weighted by atomic mass is 9.97. The number of hydrogen-bond donors (Lipinski definition) is 1. The molecule has 0 spiro atoms. The van der Waals surface area contributed by atoms with Gasteiger partial charge in [-0.2, -0.15) is 0 Å². The fraction of sp³-hybridized carbons (Fsp3) is 0.364. The molecule has 9 heteroatoms. The maximum atomic E-state index is 12.9. The van der Waals surface area contributed by atoms with Gasteiger partial charge < -0.3 is 9.88 Å². The van der Waals surface area contributed by atoms with Gasteiger partial charge in [-0.05, 0) is 48.6 Å². The average Bonchev–Trinajstić information content (AvgIpc) is 3.51. The maximum absolute atomic E-state index is 12.9. The zero-order valence-corrected chi connectivity index (χ0v) is 18.6. The number of rotatable bonds is 7. The fourth-order valence-corrected chi connectivity index (χ4v) is 4.11. The molecule has 31 heavy (non-hydrogen) atoms. The van der Waals surface area contributed by atoms with Gasteiger partial charge in [0.15, 0.2) is 9.84 Å². The summed E-state index contributed by atoms with van der Waals surface area (Å²) in [7, 11) is -1.53. The van der Waals surface area contributed by atoms with Crippen LogP contribution in [-0.4, -0.2) is 40.3 Å². The number of nitrogens with zero attached hydrogens (tertiary/aromatic N) is 4. The number of amides is 1. The smallest absolute Gasteiger partial charge is 0.274 e. The molecular weight excluding hydrogens is 414 g/mol. The molecule has 8 nitrogen and oxygen atoms in total. The van der Waals surface area contributed by atoms with Gasteiger partial charge in [0.1, 0.15) is 17.8 Å². The van der Waals surface area contributed by atoms with Gasteiger partial charge >= 0.3 is 0 Å². The van der Waals surface area contributed by atoms with Gasteiger partial charge in [-0.25, -0.2) is 13.4 Å². The van der Waals surface area contributed by atoms with Crippen molar-refractivity contribution in [3.05, 3.63) is 65.5 Å². The first-order chi connectivity index (χ1) is 14.7. The highest BCUT2D eigenvalue weighted by atomic mass is 32.2. The van der Waals surface area contributed by atoms with E-state index in [1.165, 1.54) is 6.07 Å². The molecule has 1 N–H and O–H groups in total. The average molecular weight is 440 g/mol. The van der Waals surface area contributed by atoms with Gasteiger partial charge in [-0.15, -0.1) is 10.2 Å². The largest absolute Gasteiger partial charge is 0.321 e. The van der Waals surface area contributed by atoms with E-state index in [2.05, 4.69) is 27.4 Å². The Morgan fingerprint density at radius 1 is 1.26 bits per heavy atom. The Hall–Kier alpha value is -3.07. The second kappa shape index (κ2) is 8.22. The first kappa shape index (κ1) is 21.2. The minimum atomic E-state index is -3.44. The van der Waals surface area contributed by atoms with Crippen LogP contribution in [0.3, 0.4) is 0 Å². The number of sulfone groups is 1. The third-order valence-corrected chi connectivity index (χ3v) is 6.57. The van der Waals surface area contributed by atoms with E-state index in [0.29, 0.717) is 11.4 Å². The topological polar surface area (TPSA) is 107 Å². The van der Waals surface area contributed by atoms with Gasteiger partial charge in [-0.1, -0.05) is 19.1 Å². The summed E-state index contributed by atoms with van der Waals surface area (Å²) in [4.78, 5) is 17.4. The van der Waals surface area contributed by atoms with Crippen molar-refractivity contribution < 1.29 is 13.2 Å². The van der Waals surface area contributed by atoms with Crippen LogP contribution < -0.4 is 5.32 Å². The molecule has 1 aliphatic rings. The molecule has 1 saturated carbocycles. The number of aromatic nitrogens is 4. The second-order valence-electron chi connectivity index (χ2n) is 8.20. The van der Waals surface area contributed by atoms with E-state index in [1.54, 1.807) is 18.5 Å². The number of carbonyl (C=O) groups is 1. The summed E-state index contributed by atoms with van der Waals surface area (Å²) in [6, 6.07) is 10.5. The normalized spacial score (nSPS) is 14.9. The zero-order chi connectivity index (χ0) is 22.2. The number of pyridine rings is 1. The SMILES string of the molecule is C[C@H](Cc1nncn1C)c1cccc(NC(=O)c2cc(S(C)(=O)=O)cc(C3CC3)n2)c1. The molecule has 1 atom stereocenters. The van der Waals surface area contributed by atoms with Crippen molar-refractivity contribution in [2.24, 2.45) is 7.05 Å². The molecule has 1 fully saturated rings. The van der Waals surface area contributed by atoms with Crippen LogP contribution in [0.5, 0.6) is 0 Å². The summed E-state index contributed by atoms with van der Waals surface area (Å²) >= 11 is 0. The van der Waals surface area contributed by atoms with Crippen LogP contribution in [0, 0.1) is 0 Å². The number of anilines is 1. The number of aryl methyl sites for hydroxylation is 1. The van der Waals surface area contributed by atoms with Gasteiger partial charge in [0.25, 0.3) is 5.91 Å². The highest BCUT2D eigenvalue weighted by molar-refractivity contribution is 7.90. The minimum Gasteiger partial charge on any atom is -0.321 e. The first-order valence-corrected chi connectivity index (χ1v) is 12.1. The summed E-state index contributed by atoms with van der Waals surface area (Å²) in [6.45, 7) is 2.09. The van der Waals surface area contributed by atoms with Crippen molar-refractivity contribution in [1.82, 2.24) is 19.7 Å². The Labute approximate surface area is 181 Å². The van der Waals surface area contributed by atoms with E-state index in [1.807, 2.05) is 29.8 Å². The van der Waals surface area contributed by atoms with Crippen molar-refractivity contribution in [2.75, 3.05) is 11.6 Å². The molecule has 0 bridgehead atoms. The Kier molecular flexibility index (Phi) is 5.62. The summed E-state index contributed by atoms with van der Waals surface area (Å²) < 4.78 is 26.0. The summed E-state index contributed by atoms with van der Waals surface area (Å²) in [5, 5.41) is 10.9. The van der Waals surface area contributed by atoms with Crippen LogP contribution in [0.25, 0.3) is 0 Å². The number of carbonyl (C=O) groups excluding carboxylic acids is 1. The van der Waals surface area contributed by atoms with E-state index < -0.39 is 15.7 Å². The summed E-state index contributed by atoms with van der Waals surface area (Å²) in [5.41, 5.74) is 2.46. The van der Waals surface area contributed by atoms with E-state index in [4.69, 9.17) is 0 Å². The third kappa shape index (κ3) is 4.99. The van der Waals surface area contributed by atoms with Gasteiger partial charge in [0.2, 0.25) is 0 Å². The lowest BCUT2D eigenvalue weighted by molar-refractivity contribution is 0.102. The van der Waals surface area contributed by atoms with Crippen molar-refractivity contribution in [3.63, 3.8) is 0 Å². The summed E-state index contributed by atoms with van der Waals surface area (Å²) in [6.07, 6.45) is 5.46. The van der Waals surface area contributed by atoms with Crippen molar-refractivity contribution >= 4 is 21.4 Å². The minimum absolute atomic E-state index is 0.113. The Morgan fingerprint density at radius 2 is 2.03 bits per heavy atom. The first-order valence-electron chi connectivity index (χ1n) is 10.2. The predicted molar refractivity (Wildman–Crippen MR) is 117 cm³/mol. The molecule has 1 aromatic carbocycles. The monoisotopic (exact) mass is 439 g/mol. The Bertz CT molecular complexity index is 1230. The van der Waals surface area contributed by atoms with Crippen LogP contribution in [0.1, 0.15) is 59.2 Å². The Morgan fingerprint density at radius 3 is 2.68 bits per heavy atom. The second-order valence-corrected chi connectivity index (χ2v) is 10.2. The van der Waals surface area contributed by atoms with Crippen molar-refractivity contribution in [2.45, 2.75) is 42.9 Å². The molecular formula is C22H25N5O3S. The molecule has 2 heterocycles. The van der Waals surface area contributed by atoms with Crippen LogP contribution >= 0.6 is 0 Å². The highest BCUT2D eigenvalue weighted by Crippen LogP contribution is 2.39.